The van der Waals surface area contributed by atoms with Crippen LogP contribution in [0.25, 0.3) is 0 Å². The van der Waals surface area contributed by atoms with E-state index in [0.29, 0.717) is 13.0 Å². The van der Waals surface area contributed by atoms with Crippen molar-refractivity contribution in [2.75, 3.05) is 6.54 Å². The molecule has 3 heteroatoms. The van der Waals surface area contributed by atoms with Gasteiger partial charge in [-0.05, 0) is 19.4 Å². The number of alkyl halides is 2. The molecule has 0 spiro atoms. The summed E-state index contributed by atoms with van der Waals surface area (Å²) < 4.78 is 22.9. The molecule has 0 radical (unpaired) electrons. The van der Waals surface area contributed by atoms with Crippen LogP contribution in [-0.2, 0) is 0 Å². The van der Waals surface area contributed by atoms with Crippen LogP contribution in [-0.4, -0.2) is 13.0 Å². The Bertz CT molecular complexity index is 57.0. The molecule has 0 aliphatic carbocycles. The van der Waals surface area contributed by atoms with Crippen molar-refractivity contribution in [1.82, 2.24) is 0 Å². The molecule has 0 bridgehead atoms. The standard InChI is InChI=1S/C6H13F2N/c7-6(8)4-2-1-3-5-9/h6H,1-5,9H2. The lowest BCUT2D eigenvalue weighted by Gasteiger charge is -1.96. The average molecular weight is 137 g/mol. The Morgan fingerprint density at radius 2 is 1.78 bits per heavy atom. The number of hydrogen-bond acceptors (Lipinski definition) is 1. The highest BCUT2D eigenvalue weighted by Crippen LogP contribution is 2.06. The van der Waals surface area contributed by atoms with Gasteiger partial charge in [0.1, 0.15) is 0 Å². The number of unbranched alkanes of at least 4 members (excludes halogenated alkanes) is 2. The summed E-state index contributed by atoms with van der Waals surface area (Å²) in [6, 6.07) is 0. The molecule has 1 nitrogen and oxygen atoms in total. The molecule has 0 aliphatic heterocycles. The molecule has 0 saturated heterocycles. The van der Waals surface area contributed by atoms with E-state index >= 15 is 0 Å². The highest BCUT2D eigenvalue weighted by molar-refractivity contribution is 4.44. The van der Waals surface area contributed by atoms with Gasteiger partial charge in [0.05, 0.1) is 0 Å². The third-order valence-electron chi connectivity index (χ3n) is 1.13. The molecule has 0 rings (SSSR count). The van der Waals surface area contributed by atoms with Crippen molar-refractivity contribution in [2.24, 2.45) is 5.73 Å². The molecule has 0 aromatic rings. The summed E-state index contributed by atoms with van der Waals surface area (Å²) in [5, 5.41) is 0. The summed E-state index contributed by atoms with van der Waals surface area (Å²) in [4.78, 5) is 0. The lowest BCUT2D eigenvalue weighted by molar-refractivity contribution is 0.134. The van der Waals surface area contributed by atoms with Gasteiger partial charge in [0.15, 0.2) is 0 Å². The minimum atomic E-state index is -2.14. The predicted molar refractivity (Wildman–Crippen MR) is 33.5 cm³/mol. The fourth-order valence-electron chi connectivity index (χ4n) is 0.620. The van der Waals surface area contributed by atoms with Gasteiger partial charge in [-0.1, -0.05) is 6.42 Å². The minimum absolute atomic E-state index is 0.0278. The van der Waals surface area contributed by atoms with Crippen LogP contribution in [0.5, 0.6) is 0 Å². The first kappa shape index (κ1) is 8.82. The molecule has 0 saturated carbocycles. The van der Waals surface area contributed by atoms with Gasteiger partial charge in [0.25, 0.3) is 0 Å². The fraction of sp³-hybridized carbons (Fsp3) is 1.00. The predicted octanol–water partition coefficient (Wildman–Crippen LogP) is 1.77. The van der Waals surface area contributed by atoms with E-state index in [1.54, 1.807) is 0 Å². The maximum Gasteiger partial charge on any atom is 0.238 e. The summed E-state index contributed by atoms with van der Waals surface area (Å²) in [5.74, 6) is 0. The maximum absolute atomic E-state index is 11.4. The van der Waals surface area contributed by atoms with Crippen molar-refractivity contribution in [3.05, 3.63) is 0 Å². The molecule has 0 heterocycles. The summed E-state index contributed by atoms with van der Waals surface area (Å²) in [6.07, 6.45) is 0.199. The molecule has 0 unspecified atom stereocenters. The summed E-state index contributed by atoms with van der Waals surface area (Å²) in [5.41, 5.74) is 5.16. The van der Waals surface area contributed by atoms with Gasteiger partial charge in [-0.2, -0.15) is 0 Å². The summed E-state index contributed by atoms with van der Waals surface area (Å²) in [7, 11) is 0. The van der Waals surface area contributed by atoms with E-state index in [4.69, 9.17) is 5.73 Å². The van der Waals surface area contributed by atoms with E-state index < -0.39 is 6.43 Å². The number of hydrogen-bond donors (Lipinski definition) is 1. The Kier molecular flexibility index (Phi) is 5.83. The Labute approximate surface area is 54.2 Å². The molecule has 0 aromatic heterocycles. The molecular weight excluding hydrogens is 124 g/mol. The van der Waals surface area contributed by atoms with E-state index in [-0.39, 0.29) is 6.42 Å². The van der Waals surface area contributed by atoms with Crippen molar-refractivity contribution >= 4 is 0 Å². The lowest BCUT2D eigenvalue weighted by Crippen LogP contribution is -1.98. The molecule has 2 N–H and O–H groups in total. The second kappa shape index (κ2) is 5.95. The van der Waals surface area contributed by atoms with E-state index in [1.165, 1.54) is 0 Å². The van der Waals surface area contributed by atoms with Gasteiger partial charge in [0.2, 0.25) is 6.43 Å². The van der Waals surface area contributed by atoms with E-state index in [0.717, 1.165) is 12.8 Å². The second-order valence-electron chi connectivity index (χ2n) is 2.03. The van der Waals surface area contributed by atoms with Gasteiger partial charge < -0.3 is 5.73 Å². The monoisotopic (exact) mass is 137 g/mol. The van der Waals surface area contributed by atoms with Gasteiger partial charge in [-0.25, -0.2) is 8.78 Å². The quantitative estimate of drug-likeness (QED) is 0.574. The van der Waals surface area contributed by atoms with Gasteiger partial charge in [-0.3, -0.25) is 0 Å². The number of nitrogens with two attached hydrogens (primary N) is 1. The Morgan fingerprint density at radius 3 is 2.22 bits per heavy atom. The molecule has 9 heavy (non-hydrogen) atoms. The summed E-state index contributed by atoms with van der Waals surface area (Å²) in [6.45, 7) is 0.614. The van der Waals surface area contributed by atoms with E-state index in [2.05, 4.69) is 0 Å². The van der Waals surface area contributed by atoms with Crippen molar-refractivity contribution in [1.29, 1.82) is 0 Å². The van der Waals surface area contributed by atoms with Crippen LogP contribution in [0.4, 0.5) is 8.78 Å². The minimum Gasteiger partial charge on any atom is -0.330 e. The highest BCUT2D eigenvalue weighted by atomic mass is 19.3. The number of rotatable bonds is 5. The molecular formula is C6H13F2N. The molecule has 0 amide bonds. The molecule has 0 atom stereocenters. The smallest absolute Gasteiger partial charge is 0.238 e. The van der Waals surface area contributed by atoms with Crippen LogP contribution in [0.15, 0.2) is 0 Å². The largest absolute Gasteiger partial charge is 0.330 e. The zero-order chi connectivity index (χ0) is 7.11. The van der Waals surface area contributed by atoms with Crippen LogP contribution in [0.3, 0.4) is 0 Å². The Hall–Kier alpha value is -0.180. The average Bonchev–Trinajstić information content (AvgIpc) is 1.80. The highest BCUT2D eigenvalue weighted by Gasteiger charge is 1.99. The molecule has 56 valence electrons. The maximum atomic E-state index is 11.4. The lowest BCUT2D eigenvalue weighted by atomic mass is 10.2. The number of halogens is 2. The van der Waals surface area contributed by atoms with Crippen molar-refractivity contribution < 1.29 is 8.78 Å². The zero-order valence-electron chi connectivity index (χ0n) is 5.45. The SMILES string of the molecule is NCCCCCC(F)F. The van der Waals surface area contributed by atoms with Gasteiger partial charge >= 0.3 is 0 Å². The third kappa shape index (κ3) is 7.82. The normalized spacial score (nSPS) is 10.7. The summed E-state index contributed by atoms with van der Waals surface area (Å²) >= 11 is 0. The van der Waals surface area contributed by atoms with Crippen LogP contribution in [0.1, 0.15) is 25.7 Å². The Balaban J connectivity index is 2.75. The van der Waals surface area contributed by atoms with Gasteiger partial charge in [-0.15, -0.1) is 0 Å². The first-order chi connectivity index (χ1) is 4.27. The zero-order valence-corrected chi connectivity index (χ0v) is 5.45. The van der Waals surface area contributed by atoms with Crippen molar-refractivity contribution in [2.45, 2.75) is 32.1 Å². The van der Waals surface area contributed by atoms with Crippen LogP contribution in [0, 0.1) is 0 Å². The van der Waals surface area contributed by atoms with Crippen LogP contribution >= 0.6 is 0 Å². The first-order valence-electron chi connectivity index (χ1n) is 3.25. The van der Waals surface area contributed by atoms with E-state index in [9.17, 15) is 8.78 Å². The third-order valence-corrected chi connectivity index (χ3v) is 1.13. The van der Waals surface area contributed by atoms with Crippen molar-refractivity contribution in [3.8, 4) is 0 Å². The second-order valence-corrected chi connectivity index (χ2v) is 2.03. The topological polar surface area (TPSA) is 26.0 Å². The molecule has 0 aliphatic rings. The van der Waals surface area contributed by atoms with Crippen LogP contribution < -0.4 is 5.73 Å². The van der Waals surface area contributed by atoms with E-state index in [1.807, 2.05) is 0 Å². The molecule has 0 fully saturated rings. The van der Waals surface area contributed by atoms with Crippen molar-refractivity contribution in [3.63, 3.8) is 0 Å². The fourth-order valence-corrected chi connectivity index (χ4v) is 0.620. The Morgan fingerprint density at radius 1 is 1.11 bits per heavy atom. The molecule has 0 aromatic carbocycles. The van der Waals surface area contributed by atoms with Gasteiger partial charge in [0, 0.05) is 6.42 Å². The first-order valence-corrected chi connectivity index (χ1v) is 3.25. The van der Waals surface area contributed by atoms with Crippen LogP contribution in [0.2, 0.25) is 0 Å².